The summed E-state index contributed by atoms with van der Waals surface area (Å²) >= 11 is 3.33. The van der Waals surface area contributed by atoms with Gasteiger partial charge in [0.25, 0.3) is 0 Å². The van der Waals surface area contributed by atoms with Crippen molar-refractivity contribution in [3.05, 3.63) is 16.9 Å². The molecule has 2 heterocycles. The zero-order chi connectivity index (χ0) is 12.1. The fraction of sp³-hybridized carbons (Fsp3) is 0.667. The lowest BCUT2D eigenvalue weighted by molar-refractivity contribution is 0.198. The number of aromatic nitrogens is 2. The van der Waals surface area contributed by atoms with Gasteiger partial charge in [-0.05, 0) is 54.3 Å². The summed E-state index contributed by atoms with van der Waals surface area (Å²) < 4.78 is 0.916. The Bertz CT molecular complexity index is 333. The van der Waals surface area contributed by atoms with E-state index in [0.29, 0.717) is 0 Å². The van der Waals surface area contributed by atoms with Gasteiger partial charge in [0.1, 0.15) is 0 Å². The van der Waals surface area contributed by atoms with Crippen LogP contribution >= 0.6 is 15.9 Å². The maximum atomic E-state index is 4.21. The highest BCUT2D eigenvalue weighted by atomic mass is 79.9. The summed E-state index contributed by atoms with van der Waals surface area (Å²) in [6.45, 7) is 6.84. The Morgan fingerprint density at radius 3 is 2.59 bits per heavy atom. The summed E-state index contributed by atoms with van der Waals surface area (Å²) in [5, 5.41) is 3.31. The van der Waals surface area contributed by atoms with Crippen molar-refractivity contribution in [2.24, 2.45) is 5.92 Å². The first-order valence-corrected chi connectivity index (χ1v) is 7.01. The van der Waals surface area contributed by atoms with Gasteiger partial charge in [0.15, 0.2) is 0 Å². The molecule has 0 spiro atoms. The number of hydrogen-bond acceptors (Lipinski definition) is 4. The maximum Gasteiger partial charge on any atom is 0.222 e. The van der Waals surface area contributed by atoms with Crippen LogP contribution in [0.2, 0.25) is 0 Å². The number of likely N-dealkylation sites (tertiary alicyclic amines) is 1. The van der Waals surface area contributed by atoms with E-state index in [0.717, 1.165) is 22.9 Å². The van der Waals surface area contributed by atoms with Crippen LogP contribution in [0.3, 0.4) is 0 Å². The molecule has 0 amide bonds. The molecule has 0 aliphatic carbocycles. The Hall–Kier alpha value is -0.680. The van der Waals surface area contributed by atoms with Gasteiger partial charge < -0.3 is 10.2 Å². The van der Waals surface area contributed by atoms with Crippen molar-refractivity contribution >= 4 is 21.9 Å². The Balaban J connectivity index is 1.74. The molecule has 0 aromatic carbocycles. The summed E-state index contributed by atoms with van der Waals surface area (Å²) in [6.07, 6.45) is 6.10. The molecule has 0 radical (unpaired) electrons. The van der Waals surface area contributed by atoms with Crippen molar-refractivity contribution in [2.45, 2.75) is 19.8 Å². The van der Waals surface area contributed by atoms with Crippen LogP contribution in [0.5, 0.6) is 0 Å². The molecule has 2 rings (SSSR count). The van der Waals surface area contributed by atoms with Crippen LogP contribution in [0.4, 0.5) is 5.95 Å². The molecule has 17 heavy (non-hydrogen) atoms. The largest absolute Gasteiger partial charge is 0.354 e. The minimum atomic E-state index is 0.728. The molecule has 5 heteroatoms. The molecule has 1 aromatic rings. The van der Waals surface area contributed by atoms with Gasteiger partial charge in [-0.25, -0.2) is 9.97 Å². The third kappa shape index (κ3) is 3.92. The Labute approximate surface area is 111 Å². The molecule has 0 saturated carbocycles. The summed E-state index contributed by atoms with van der Waals surface area (Å²) in [5.41, 5.74) is 0. The van der Waals surface area contributed by atoms with Gasteiger partial charge in [0, 0.05) is 18.9 Å². The number of nitrogens with one attached hydrogen (secondary N) is 1. The average molecular weight is 299 g/mol. The quantitative estimate of drug-likeness (QED) is 0.927. The van der Waals surface area contributed by atoms with Gasteiger partial charge in [-0.3, -0.25) is 0 Å². The first-order valence-electron chi connectivity index (χ1n) is 6.21. The minimum absolute atomic E-state index is 0.728. The smallest absolute Gasteiger partial charge is 0.222 e. The van der Waals surface area contributed by atoms with Crippen molar-refractivity contribution in [1.82, 2.24) is 14.9 Å². The number of nitrogens with zero attached hydrogens (tertiary/aromatic N) is 3. The van der Waals surface area contributed by atoms with E-state index in [1.807, 2.05) is 0 Å². The van der Waals surface area contributed by atoms with E-state index in [-0.39, 0.29) is 0 Å². The van der Waals surface area contributed by atoms with Crippen LogP contribution in [0.1, 0.15) is 19.8 Å². The SMILES string of the molecule is CCN1CCC(CNc2ncc(Br)cn2)CC1. The highest BCUT2D eigenvalue weighted by Crippen LogP contribution is 2.17. The summed E-state index contributed by atoms with van der Waals surface area (Å²) in [6, 6.07) is 0. The molecule has 1 fully saturated rings. The number of rotatable bonds is 4. The van der Waals surface area contributed by atoms with Crippen LogP contribution in [0, 0.1) is 5.92 Å². The van der Waals surface area contributed by atoms with Gasteiger partial charge in [0.05, 0.1) is 4.47 Å². The molecule has 1 saturated heterocycles. The lowest BCUT2D eigenvalue weighted by Crippen LogP contribution is -2.35. The number of piperidine rings is 1. The third-order valence-electron chi connectivity index (χ3n) is 3.32. The van der Waals surface area contributed by atoms with E-state index in [9.17, 15) is 0 Å². The van der Waals surface area contributed by atoms with Gasteiger partial charge in [0.2, 0.25) is 5.95 Å². The first kappa shape index (κ1) is 12.8. The highest BCUT2D eigenvalue weighted by Gasteiger charge is 2.17. The van der Waals surface area contributed by atoms with Crippen molar-refractivity contribution in [2.75, 3.05) is 31.5 Å². The van der Waals surface area contributed by atoms with Crippen LogP contribution in [-0.2, 0) is 0 Å². The lowest BCUT2D eigenvalue weighted by atomic mass is 9.97. The maximum absolute atomic E-state index is 4.21. The second kappa shape index (κ2) is 6.31. The molecular formula is C12H19BrN4. The Kier molecular flexibility index (Phi) is 4.74. The number of hydrogen-bond donors (Lipinski definition) is 1. The first-order chi connectivity index (χ1) is 8.28. The van der Waals surface area contributed by atoms with Crippen molar-refractivity contribution in [3.63, 3.8) is 0 Å². The van der Waals surface area contributed by atoms with E-state index in [1.165, 1.54) is 32.5 Å². The standard InChI is InChI=1S/C12H19BrN4/c1-2-17-5-3-10(4-6-17)7-14-12-15-8-11(13)9-16-12/h8-10H,2-7H2,1H3,(H,14,15,16). The molecule has 1 aliphatic rings. The Morgan fingerprint density at radius 2 is 2.00 bits per heavy atom. The molecule has 4 nitrogen and oxygen atoms in total. The van der Waals surface area contributed by atoms with E-state index in [4.69, 9.17) is 0 Å². The molecule has 1 aliphatic heterocycles. The van der Waals surface area contributed by atoms with Crippen LogP contribution < -0.4 is 5.32 Å². The molecule has 1 aromatic heterocycles. The topological polar surface area (TPSA) is 41.0 Å². The summed E-state index contributed by atoms with van der Waals surface area (Å²) in [4.78, 5) is 10.9. The molecule has 1 N–H and O–H groups in total. The predicted octanol–water partition coefficient (Wildman–Crippen LogP) is 2.38. The molecule has 0 atom stereocenters. The van der Waals surface area contributed by atoms with Crippen LogP contribution in [0.15, 0.2) is 16.9 Å². The van der Waals surface area contributed by atoms with Crippen molar-refractivity contribution in [1.29, 1.82) is 0 Å². The third-order valence-corrected chi connectivity index (χ3v) is 3.73. The highest BCUT2D eigenvalue weighted by molar-refractivity contribution is 9.10. The van der Waals surface area contributed by atoms with Crippen LogP contribution in [-0.4, -0.2) is 41.0 Å². The zero-order valence-electron chi connectivity index (χ0n) is 10.2. The summed E-state index contributed by atoms with van der Waals surface area (Å²) in [7, 11) is 0. The van der Waals surface area contributed by atoms with Gasteiger partial charge >= 0.3 is 0 Å². The van der Waals surface area contributed by atoms with E-state index < -0.39 is 0 Å². The van der Waals surface area contributed by atoms with Gasteiger partial charge in [-0.1, -0.05) is 6.92 Å². The van der Waals surface area contributed by atoms with E-state index in [1.54, 1.807) is 12.4 Å². The second-order valence-corrected chi connectivity index (χ2v) is 5.40. The van der Waals surface area contributed by atoms with Crippen LogP contribution in [0.25, 0.3) is 0 Å². The van der Waals surface area contributed by atoms with E-state index in [2.05, 4.69) is 43.0 Å². The van der Waals surface area contributed by atoms with Crippen molar-refractivity contribution in [3.8, 4) is 0 Å². The number of anilines is 1. The lowest BCUT2D eigenvalue weighted by Gasteiger charge is -2.30. The van der Waals surface area contributed by atoms with Gasteiger partial charge in [-0.15, -0.1) is 0 Å². The molecule has 0 unspecified atom stereocenters. The normalized spacial score (nSPS) is 18.2. The van der Waals surface area contributed by atoms with Gasteiger partial charge in [-0.2, -0.15) is 0 Å². The average Bonchev–Trinajstić information content (AvgIpc) is 2.39. The Morgan fingerprint density at radius 1 is 1.35 bits per heavy atom. The second-order valence-electron chi connectivity index (χ2n) is 4.48. The number of halogens is 1. The predicted molar refractivity (Wildman–Crippen MR) is 73.1 cm³/mol. The molecular weight excluding hydrogens is 280 g/mol. The van der Waals surface area contributed by atoms with Crippen molar-refractivity contribution < 1.29 is 0 Å². The van der Waals surface area contributed by atoms with E-state index >= 15 is 0 Å². The zero-order valence-corrected chi connectivity index (χ0v) is 11.8. The molecule has 0 bridgehead atoms. The molecule has 94 valence electrons. The fourth-order valence-corrected chi connectivity index (χ4v) is 2.35. The minimum Gasteiger partial charge on any atom is -0.354 e. The monoisotopic (exact) mass is 298 g/mol. The fourth-order valence-electron chi connectivity index (χ4n) is 2.15. The summed E-state index contributed by atoms with van der Waals surface area (Å²) in [5.74, 6) is 1.48.